The highest BCUT2D eigenvalue weighted by Gasteiger charge is 2.34. The highest BCUT2D eigenvalue weighted by atomic mass is 35.5. The number of nitro groups is 1. The van der Waals surface area contributed by atoms with Crippen LogP contribution in [0.5, 0.6) is 0 Å². The third kappa shape index (κ3) is 4.73. The summed E-state index contributed by atoms with van der Waals surface area (Å²) in [4.78, 5) is 27.6. The number of carbonyl (C=O) groups excluding carboxylic acids is 1. The Labute approximate surface area is 203 Å². The standard InChI is InChI=1S/C23H15ClN2O3S3/c1-14-4-2-3-5-18(14)25-22(27)21(32-23(25)30)13-15-6-11-20(19(12-15)26(28)29)31-17-9-7-16(24)8-10-17/h2-13H,1H3/b21-13-. The average Bonchev–Trinajstić information content (AvgIpc) is 3.04. The zero-order chi connectivity index (χ0) is 22.8. The second kappa shape index (κ2) is 9.46. The van der Waals surface area contributed by atoms with Crippen molar-refractivity contribution in [1.82, 2.24) is 0 Å². The maximum absolute atomic E-state index is 13.0. The molecule has 1 aliphatic rings. The summed E-state index contributed by atoms with van der Waals surface area (Å²) in [6.07, 6.45) is 1.64. The Morgan fingerprint density at radius 2 is 1.84 bits per heavy atom. The Morgan fingerprint density at radius 1 is 1.12 bits per heavy atom. The molecule has 160 valence electrons. The van der Waals surface area contributed by atoms with Gasteiger partial charge in [0.15, 0.2) is 4.32 Å². The molecule has 32 heavy (non-hydrogen) atoms. The molecular formula is C23H15ClN2O3S3. The summed E-state index contributed by atoms with van der Waals surface area (Å²) in [5.74, 6) is -0.239. The van der Waals surface area contributed by atoms with Crippen LogP contribution in [0.1, 0.15) is 11.1 Å². The zero-order valence-electron chi connectivity index (χ0n) is 16.7. The van der Waals surface area contributed by atoms with Gasteiger partial charge < -0.3 is 0 Å². The number of anilines is 1. The van der Waals surface area contributed by atoms with E-state index >= 15 is 0 Å². The fourth-order valence-corrected chi connectivity index (χ4v) is 5.43. The van der Waals surface area contributed by atoms with Gasteiger partial charge in [0.05, 0.1) is 20.4 Å². The number of para-hydroxylation sites is 1. The SMILES string of the molecule is Cc1ccccc1N1C(=O)/C(=C/c2ccc(Sc3ccc(Cl)cc3)c([N+](=O)[O-])c2)SC1=S. The number of benzene rings is 3. The molecule has 1 heterocycles. The van der Waals surface area contributed by atoms with Crippen LogP contribution in [0, 0.1) is 17.0 Å². The summed E-state index contributed by atoms with van der Waals surface area (Å²) in [6.45, 7) is 1.91. The first-order chi connectivity index (χ1) is 15.3. The second-order valence-electron chi connectivity index (χ2n) is 6.84. The average molecular weight is 499 g/mol. The van der Waals surface area contributed by atoms with E-state index in [4.69, 9.17) is 23.8 Å². The van der Waals surface area contributed by atoms with Gasteiger partial charge in [-0.05, 0) is 60.5 Å². The van der Waals surface area contributed by atoms with Crippen molar-refractivity contribution in [2.75, 3.05) is 4.90 Å². The number of hydrogen-bond donors (Lipinski definition) is 0. The number of thiocarbonyl (C=S) groups is 1. The number of rotatable bonds is 5. The van der Waals surface area contributed by atoms with Crippen molar-refractivity contribution >= 4 is 75.0 Å². The van der Waals surface area contributed by atoms with Gasteiger partial charge in [0.1, 0.15) is 0 Å². The van der Waals surface area contributed by atoms with E-state index in [2.05, 4.69) is 0 Å². The minimum atomic E-state index is -0.422. The summed E-state index contributed by atoms with van der Waals surface area (Å²) < 4.78 is 0.431. The molecule has 0 N–H and O–H groups in total. The molecule has 0 radical (unpaired) electrons. The van der Waals surface area contributed by atoms with Gasteiger partial charge in [-0.3, -0.25) is 19.8 Å². The summed E-state index contributed by atoms with van der Waals surface area (Å²) in [5.41, 5.74) is 2.19. The number of halogens is 1. The largest absolute Gasteiger partial charge is 0.283 e. The van der Waals surface area contributed by atoms with E-state index in [-0.39, 0.29) is 11.6 Å². The number of aryl methyl sites for hydroxylation is 1. The van der Waals surface area contributed by atoms with Gasteiger partial charge in [-0.25, -0.2) is 0 Å². The smallest absolute Gasteiger partial charge is 0.268 e. The molecule has 1 amide bonds. The third-order valence-corrected chi connectivity index (χ3v) is 7.30. The lowest BCUT2D eigenvalue weighted by Gasteiger charge is -2.16. The van der Waals surface area contributed by atoms with E-state index in [9.17, 15) is 14.9 Å². The quantitative estimate of drug-likeness (QED) is 0.161. The van der Waals surface area contributed by atoms with E-state index in [1.54, 1.807) is 30.3 Å². The van der Waals surface area contributed by atoms with Crippen LogP contribution in [0.15, 0.2) is 81.4 Å². The molecule has 1 fully saturated rings. The van der Waals surface area contributed by atoms with E-state index in [0.717, 1.165) is 16.1 Å². The second-order valence-corrected chi connectivity index (χ2v) is 10.1. The Hall–Kier alpha value is -2.65. The maximum atomic E-state index is 13.0. The molecule has 0 bridgehead atoms. The molecule has 0 unspecified atom stereocenters. The van der Waals surface area contributed by atoms with Crippen molar-refractivity contribution in [2.45, 2.75) is 16.7 Å². The number of carbonyl (C=O) groups is 1. The van der Waals surface area contributed by atoms with Crippen molar-refractivity contribution in [1.29, 1.82) is 0 Å². The van der Waals surface area contributed by atoms with Crippen LogP contribution in [0.25, 0.3) is 6.08 Å². The topological polar surface area (TPSA) is 63.5 Å². The zero-order valence-corrected chi connectivity index (χ0v) is 19.9. The molecule has 0 atom stereocenters. The first kappa shape index (κ1) is 22.5. The third-order valence-electron chi connectivity index (χ3n) is 4.67. The van der Waals surface area contributed by atoms with Crippen LogP contribution in [0.2, 0.25) is 5.02 Å². The minimum Gasteiger partial charge on any atom is -0.268 e. The molecule has 0 aromatic heterocycles. The van der Waals surface area contributed by atoms with Crippen molar-refractivity contribution < 1.29 is 9.72 Å². The Balaban J connectivity index is 1.64. The van der Waals surface area contributed by atoms with Crippen LogP contribution in [0.3, 0.4) is 0 Å². The van der Waals surface area contributed by atoms with Crippen molar-refractivity contribution in [2.24, 2.45) is 0 Å². The molecule has 9 heteroatoms. The van der Waals surface area contributed by atoms with Gasteiger partial charge in [0.25, 0.3) is 11.6 Å². The molecule has 1 aliphatic heterocycles. The Bertz CT molecular complexity index is 1280. The van der Waals surface area contributed by atoms with Gasteiger partial charge in [-0.15, -0.1) is 0 Å². The van der Waals surface area contributed by atoms with Crippen molar-refractivity contribution in [3.63, 3.8) is 0 Å². The highest BCUT2D eigenvalue weighted by Crippen LogP contribution is 2.39. The highest BCUT2D eigenvalue weighted by molar-refractivity contribution is 8.27. The Morgan fingerprint density at radius 3 is 2.53 bits per heavy atom. The fraction of sp³-hybridized carbons (Fsp3) is 0.0435. The van der Waals surface area contributed by atoms with Crippen LogP contribution in [-0.2, 0) is 4.79 Å². The number of nitrogens with zero attached hydrogens (tertiary/aromatic N) is 2. The summed E-state index contributed by atoms with van der Waals surface area (Å²) in [6, 6.07) is 19.5. The van der Waals surface area contributed by atoms with Crippen molar-refractivity contribution in [3.8, 4) is 0 Å². The van der Waals surface area contributed by atoms with E-state index < -0.39 is 4.92 Å². The van der Waals surface area contributed by atoms with Crippen LogP contribution < -0.4 is 4.90 Å². The molecule has 0 aliphatic carbocycles. The molecule has 3 aromatic rings. The molecule has 3 aromatic carbocycles. The number of amides is 1. The lowest BCUT2D eigenvalue weighted by atomic mass is 10.1. The van der Waals surface area contributed by atoms with Gasteiger partial charge in [-0.2, -0.15) is 0 Å². The molecule has 4 rings (SSSR count). The first-order valence-electron chi connectivity index (χ1n) is 9.39. The predicted octanol–water partition coefficient (Wildman–Crippen LogP) is 7.11. The lowest BCUT2D eigenvalue weighted by Crippen LogP contribution is -2.28. The molecule has 0 saturated carbocycles. The number of thioether (sulfide) groups is 1. The maximum Gasteiger partial charge on any atom is 0.283 e. The predicted molar refractivity (Wildman–Crippen MR) is 136 cm³/mol. The van der Waals surface area contributed by atoms with Gasteiger partial charge >= 0.3 is 0 Å². The Kier molecular flexibility index (Phi) is 6.66. The minimum absolute atomic E-state index is 0.0342. The van der Waals surface area contributed by atoms with E-state index in [0.29, 0.717) is 24.7 Å². The van der Waals surface area contributed by atoms with E-state index in [1.165, 1.54) is 34.5 Å². The normalized spacial score (nSPS) is 14.9. The van der Waals surface area contributed by atoms with E-state index in [1.807, 2.05) is 43.3 Å². The van der Waals surface area contributed by atoms with Crippen molar-refractivity contribution in [3.05, 3.63) is 97.9 Å². The van der Waals surface area contributed by atoms with Gasteiger partial charge in [0, 0.05) is 16.0 Å². The summed E-state index contributed by atoms with van der Waals surface area (Å²) in [7, 11) is 0. The van der Waals surface area contributed by atoms with Gasteiger partial charge in [-0.1, -0.05) is 71.6 Å². The number of hydrogen-bond acceptors (Lipinski definition) is 6. The summed E-state index contributed by atoms with van der Waals surface area (Å²) >= 11 is 13.8. The molecule has 0 spiro atoms. The first-order valence-corrected chi connectivity index (χ1v) is 11.8. The van der Waals surface area contributed by atoms with Crippen LogP contribution in [0.4, 0.5) is 11.4 Å². The van der Waals surface area contributed by atoms with Crippen LogP contribution >= 0.6 is 47.3 Å². The fourth-order valence-electron chi connectivity index (χ4n) is 3.12. The molecule has 5 nitrogen and oxygen atoms in total. The molecule has 1 saturated heterocycles. The lowest BCUT2D eigenvalue weighted by molar-refractivity contribution is -0.387. The van der Waals surface area contributed by atoms with Gasteiger partial charge in [0.2, 0.25) is 0 Å². The summed E-state index contributed by atoms with van der Waals surface area (Å²) in [5, 5.41) is 12.3. The molecular weight excluding hydrogens is 484 g/mol. The number of nitro benzene ring substituents is 1. The van der Waals surface area contributed by atoms with Crippen LogP contribution in [-0.4, -0.2) is 15.2 Å². The monoisotopic (exact) mass is 498 g/mol.